The number of hydrogen-bond acceptors (Lipinski definition) is 4. The molecule has 0 unspecified atom stereocenters. The molecule has 2 aromatic rings. The predicted octanol–water partition coefficient (Wildman–Crippen LogP) is 2.65. The van der Waals surface area contributed by atoms with E-state index < -0.39 is 0 Å². The van der Waals surface area contributed by atoms with E-state index in [0.717, 1.165) is 76.1 Å². The Balaban J connectivity index is 1.42. The number of rotatable bonds is 10. The number of ether oxygens (including phenoxy) is 1. The van der Waals surface area contributed by atoms with Gasteiger partial charge in [0.05, 0.1) is 17.6 Å². The van der Waals surface area contributed by atoms with Crippen LogP contribution in [0.1, 0.15) is 32.0 Å². The fraction of sp³-hybridized carbons (Fsp3) is 0.652. The van der Waals surface area contributed by atoms with E-state index in [0.29, 0.717) is 5.92 Å². The third kappa shape index (κ3) is 6.44. The number of imidazole rings is 1. The second-order valence-corrected chi connectivity index (χ2v) is 8.08. The second kappa shape index (κ2) is 11.9. The van der Waals surface area contributed by atoms with Crippen molar-refractivity contribution in [2.24, 2.45) is 10.9 Å². The molecular weight excluding hydrogens is 376 g/mol. The van der Waals surface area contributed by atoms with Crippen molar-refractivity contribution in [3.05, 3.63) is 30.1 Å². The lowest BCUT2D eigenvalue weighted by Crippen LogP contribution is -2.39. The van der Waals surface area contributed by atoms with Crippen molar-refractivity contribution in [1.29, 1.82) is 0 Å². The van der Waals surface area contributed by atoms with E-state index in [2.05, 4.69) is 57.1 Å². The first-order valence-corrected chi connectivity index (χ1v) is 11.4. The number of aromatic nitrogens is 2. The molecule has 0 amide bonds. The van der Waals surface area contributed by atoms with Gasteiger partial charge in [0.1, 0.15) is 5.82 Å². The van der Waals surface area contributed by atoms with Crippen LogP contribution >= 0.6 is 0 Å². The number of benzene rings is 1. The molecule has 1 fully saturated rings. The van der Waals surface area contributed by atoms with Crippen molar-refractivity contribution >= 4 is 17.0 Å². The third-order valence-corrected chi connectivity index (χ3v) is 5.87. The normalized spacial score (nSPS) is 16.3. The Kier molecular flexibility index (Phi) is 8.96. The number of aliphatic imine (C=N–C) groups is 1. The summed E-state index contributed by atoms with van der Waals surface area (Å²) in [5.41, 5.74) is 2.29. The van der Waals surface area contributed by atoms with Crippen LogP contribution < -0.4 is 10.6 Å². The topological polar surface area (TPSA) is 66.7 Å². The summed E-state index contributed by atoms with van der Waals surface area (Å²) in [4.78, 5) is 12.0. The Morgan fingerprint density at radius 1 is 1.20 bits per heavy atom. The Morgan fingerprint density at radius 3 is 2.77 bits per heavy atom. The Labute approximate surface area is 180 Å². The smallest absolute Gasteiger partial charge is 0.191 e. The summed E-state index contributed by atoms with van der Waals surface area (Å²) >= 11 is 0. The van der Waals surface area contributed by atoms with Crippen molar-refractivity contribution in [2.75, 3.05) is 53.0 Å². The molecule has 0 spiro atoms. The number of methoxy groups -OCH3 is 1. The van der Waals surface area contributed by atoms with E-state index in [1.54, 1.807) is 7.11 Å². The quantitative estimate of drug-likeness (QED) is 0.355. The molecule has 0 saturated carbocycles. The molecule has 0 bridgehead atoms. The van der Waals surface area contributed by atoms with E-state index in [-0.39, 0.29) is 0 Å². The highest BCUT2D eigenvalue weighted by molar-refractivity contribution is 5.79. The molecule has 0 atom stereocenters. The molecule has 30 heavy (non-hydrogen) atoms. The van der Waals surface area contributed by atoms with E-state index >= 15 is 0 Å². The van der Waals surface area contributed by atoms with Crippen LogP contribution in [0.25, 0.3) is 11.0 Å². The van der Waals surface area contributed by atoms with Crippen LogP contribution in [-0.2, 0) is 11.3 Å². The minimum atomic E-state index is 0.680. The van der Waals surface area contributed by atoms with Crippen molar-refractivity contribution < 1.29 is 4.74 Å². The zero-order valence-corrected chi connectivity index (χ0v) is 18.9. The molecule has 0 radical (unpaired) electrons. The van der Waals surface area contributed by atoms with Gasteiger partial charge in [-0.2, -0.15) is 0 Å². The summed E-state index contributed by atoms with van der Waals surface area (Å²) in [6.07, 6.45) is 3.47. The second-order valence-electron chi connectivity index (χ2n) is 8.08. The predicted molar refractivity (Wildman–Crippen MR) is 124 cm³/mol. The molecule has 1 aliphatic rings. The highest BCUT2D eigenvalue weighted by Crippen LogP contribution is 2.17. The lowest BCUT2D eigenvalue weighted by atomic mass is 9.97. The summed E-state index contributed by atoms with van der Waals surface area (Å²) in [5, 5.41) is 6.89. The van der Waals surface area contributed by atoms with Gasteiger partial charge < -0.3 is 24.8 Å². The van der Waals surface area contributed by atoms with Crippen LogP contribution in [-0.4, -0.2) is 73.4 Å². The number of para-hydroxylation sites is 2. The molecule has 1 aliphatic heterocycles. The lowest BCUT2D eigenvalue weighted by Gasteiger charge is -2.31. The molecule has 1 aromatic heterocycles. The van der Waals surface area contributed by atoms with Gasteiger partial charge >= 0.3 is 0 Å². The number of fused-ring (bicyclic) bond motifs is 1. The zero-order valence-electron chi connectivity index (χ0n) is 18.9. The molecule has 2 heterocycles. The summed E-state index contributed by atoms with van der Waals surface area (Å²) in [7, 11) is 1.77. The standard InChI is InChI=1S/C23H38N6O/c1-4-24-23(26-18-20-10-14-28(15-11-20)16-17-30-3)25-12-7-13-29-19(2)27-21-8-5-6-9-22(21)29/h5-6,8-9,20H,4,7,10-18H2,1-3H3,(H2,24,25,26). The van der Waals surface area contributed by atoms with Gasteiger partial charge in [-0.05, 0) is 64.3 Å². The average Bonchev–Trinajstić information content (AvgIpc) is 3.09. The van der Waals surface area contributed by atoms with Gasteiger partial charge in [-0.1, -0.05) is 12.1 Å². The molecule has 0 aliphatic carbocycles. The Bertz CT molecular complexity index is 794. The SMILES string of the molecule is CCNC(=NCC1CCN(CCOC)CC1)NCCCn1c(C)nc2ccccc21. The number of guanidine groups is 1. The van der Waals surface area contributed by atoms with E-state index in [9.17, 15) is 0 Å². The maximum absolute atomic E-state index is 5.19. The fourth-order valence-electron chi connectivity index (χ4n) is 4.10. The van der Waals surface area contributed by atoms with Crippen molar-refractivity contribution in [2.45, 2.75) is 39.7 Å². The summed E-state index contributed by atoms with van der Waals surface area (Å²) < 4.78 is 7.49. The number of likely N-dealkylation sites (tertiary alicyclic amines) is 1. The number of hydrogen-bond donors (Lipinski definition) is 2. The number of aryl methyl sites for hydroxylation is 2. The van der Waals surface area contributed by atoms with Crippen LogP contribution in [0.4, 0.5) is 0 Å². The van der Waals surface area contributed by atoms with Gasteiger partial charge in [-0.15, -0.1) is 0 Å². The van der Waals surface area contributed by atoms with Gasteiger partial charge in [0.2, 0.25) is 0 Å². The van der Waals surface area contributed by atoms with Crippen LogP contribution in [0.3, 0.4) is 0 Å². The van der Waals surface area contributed by atoms with Crippen LogP contribution in [0, 0.1) is 12.8 Å². The third-order valence-electron chi connectivity index (χ3n) is 5.87. The van der Waals surface area contributed by atoms with Crippen molar-refractivity contribution in [3.8, 4) is 0 Å². The van der Waals surface area contributed by atoms with Gasteiger partial charge in [-0.3, -0.25) is 4.99 Å². The van der Waals surface area contributed by atoms with E-state index in [1.807, 2.05) is 6.07 Å². The van der Waals surface area contributed by atoms with Crippen LogP contribution in [0.15, 0.2) is 29.3 Å². The minimum absolute atomic E-state index is 0.680. The molecule has 166 valence electrons. The molecule has 7 heteroatoms. The monoisotopic (exact) mass is 414 g/mol. The van der Waals surface area contributed by atoms with E-state index in [4.69, 9.17) is 9.73 Å². The van der Waals surface area contributed by atoms with Crippen LogP contribution in [0.5, 0.6) is 0 Å². The summed E-state index contributed by atoms with van der Waals surface area (Å²) in [6, 6.07) is 8.35. The average molecular weight is 415 g/mol. The fourth-order valence-corrected chi connectivity index (χ4v) is 4.10. The number of nitrogens with zero attached hydrogens (tertiary/aromatic N) is 4. The van der Waals surface area contributed by atoms with Crippen molar-refractivity contribution in [1.82, 2.24) is 25.1 Å². The number of nitrogens with one attached hydrogen (secondary N) is 2. The maximum Gasteiger partial charge on any atom is 0.191 e. The van der Waals surface area contributed by atoms with Gasteiger partial charge in [0, 0.05) is 39.8 Å². The molecule has 3 rings (SSSR count). The first-order valence-electron chi connectivity index (χ1n) is 11.4. The molecule has 7 nitrogen and oxygen atoms in total. The molecule has 1 aromatic carbocycles. The van der Waals surface area contributed by atoms with Gasteiger partial charge in [0.15, 0.2) is 5.96 Å². The Morgan fingerprint density at radius 2 is 2.00 bits per heavy atom. The number of piperidine rings is 1. The minimum Gasteiger partial charge on any atom is -0.383 e. The molecule has 2 N–H and O–H groups in total. The highest BCUT2D eigenvalue weighted by atomic mass is 16.5. The summed E-state index contributed by atoms with van der Waals surface area (Å²) in [5.74, 6) is 2.69. The van der Waals surface area contributed by atoms with Gasteiger partial charge in [0.25, 0.3) is 0 Å². The molecule has 1 saturated heterocycles. The highest BCUT2D eigenvalue weighted by Gasteiger charge is 2.18. The van der Waals surface area contributed by atoms with Gasteiger partial charge in [-0.25, -0.2) is 4.98 Å². The van der Waals surface area contributed by atoms with Crippen LogP contribution in [0.2, 0.25) is 0 Å². The van der Waals surface area contributed by atoms with Crippen molar-refractivity contribution in [3.63, 3.8) is 0 Å². The molecular formula is C23H38N6O. The lowest BCUT2D eigenvalue weighted by molar-refractivity contribution is 0.121. The Hall–Kier alpha value is -2.12. The zero-order chi connectivity index (χ0) is 21.2. The summed E-state index contributed by atoms with van der Waals surface area (Å²) in [6.45, 7) is 12.0. The largest absolute Gasteiger partial charge is 0.383 e. The first kappa shape index (κ1) is 22.6. The van der Waals surface area contributed by atoms with E-state index in [1.165, 1.54) is 18.4 Å². The maximum atomic E-state index is 5.19. The first-order chi connectivity index (χ1) is 14.7.